The van der Waals surface area contributed by atoms with Crippen molar-refractivity contribution >= 4 is 34.7 Å². The number of nitrogens with zero attached hydrogens (tertiary/aromatic N) is 3. The molecule has 8 nitrogen and oxygen atoms in total. The lowest BCUT2D eigenvalue weighted by molar-refractivity contribution is 0.0166. The van der Waals surface area contributed by atoms with Gasteiger partial charge >= 0.3 is 0 Å². The Morgan fingerprint density at radius 1 is 1.33 bits per heavy atom. The summed E-state index contributed by atoms with van der Waals surface area (Å²) in [6, 6.07) is 4.64. The number of rotatable bonds is 7. The molecule has 0 aliphatic carbocycles. The second kappa shape index (κ2) is 11.4. The van der Waals surface area contributed by atoms with Crippen LogP contribution in [0.1, 0.15) is 42.7 Å². The fourth-order valence-electron chi connectivity index (χ4n) is 2.27. The molecule has 2 aromatic heterocycles. The summed E-state index contributed by atoms with van der Waals surface area (Å²) in [7, 11) is 0. The number of hydroxylamine groups is 1. The van der Waals surface area contributed by atoms with Crippen LogP contribution in [0.25, 0.3) is 5.65 Å². The summed E-state index contributed by atoms with van der Waals surface area (Å²) >= 11 is 6.09. The van der Waals surface area contributed by atoms with Crippen molar-refractivity contribution in [3.05, 3.63) is 52.8 Å². The maximum Gasteiger partial charge on any atom is 0.297 e. The number of fused-ring (bicyclic) bond motifs is 1. The number of aryl methyl sites for hydroxylation is 1. The average Bonchev–Trinajstić information content (AvgIpc) is 3.10. The van der Waals surface area contributed by atoms with E-state index in [-0.39, 0.29) is 41.1 Å². The number of nitrogens with one attached hydrogen (secondary N) is 2. The Hall–Kier alpha value is -2.75. The quantitative estimate of drug-likeness (QED) is 0.381. The zero-order valence-electron chi connectivity index (χ0n) is 17.1. The number of amides is 1. The van der Waals surface area contributed by atoms with Crippen molar-refractivity contribution in [2.75, 3.05) is 18.5 Å². The Labute approximate surface area is 179 Å². The fourth-order valence-corrected chi connectivity index (χ4v) is 2.46. The van der Waals surface area contributed by atoms with Gasteiger partial charge in [-0.2, -0.15) is 0 Å². The highest BCUT2D eigenvalue weighted by molar-refractivity contribution is 6.33. The Balaban J connectivity index is 0.000000735. The lowest BCUT2D eigenvalue weighted by Crippen LogP contribution is -2.26. The number of aliphatic hydroxyl groups excluding tert-OH is 1. The first-order valence-corrected chi connectivity index (χ1v) is 9.88. The molecule has 162 valence electrons. The molecule has 0 radical (unpaired) electrons. The van der Waals surface area contributed by atoms with Gasteiger partial charge in [-0.3, -0.25) is 14.0 Å². The van der Waals surface area contributed by atoms with Crippen molar-refractivity contribution in [3.63, 3.8) is 0 Å². The number of aromatic nitrogens is 3. The second-order valence-corrected chi connectivity index (χ2v) is 6.76. The van der Waals surface area contributed by atoms with Crippen LogP contribution in [0.3, 0.4) is 0 Å². The summed E-state index contributed by atoms with van der Waals surface area (Å²) in [5, 5.41) is 11.8. The van der Waals surface area contributed by atoms with Crippen molar-refractivity contribution in [2.45, 2.75) is 33.6 Å². The van der Waals surface area contributed by atoms with Crippen LogP contribution in [0.4, 0.5) is 15.9 Å². The fraction of sp³-hybridized carbons (Fsp3) is 0.350. The van der Waals surface area contributed by atoms with Crippen molar-refractivity contribution < 1.29 is 19.1 Å². The van der Waals surface area contributed by atoms with Gasteiger partial charge in [-0.05, 0) is 24.6 Å². The van der Waals surface area contributed by atoms with E-state index in [0.717, 1.165) is 5.56 Å². The molecule has 0 fully saturated rings. The maximum absolute atomic E-state index is 14.2. The number of hydrogen-bond acceptors (Lipinski definition) is 6. The molecule has 0 aliphatic heterocycles. The predicted octanol–water partition coefficient (Wildman–Crippen LogP) is 4.03. The number of anilines is 2. The minimum Gasteiger partial charge on any atom is -0.394 e. The molecular weight excluding hydrogens is 413 g/mol. The summed E-state index contributed by atoms with van der Waals surface area (Å²) in [6.45, 7) is 5.78. The number of imidazole rings is 1. The van der Waals surface area contributed by atoms with Crippen LogP contribution in [0.2, 0.25) is 5.02 Å². The van der Waals surface area contributed by atoms with Crippen molar-refractivity contribution in [3.8, 4) is 0 Å². The third kappa shape index (κ3) is 5.88. The largest absolute Gasteiger partial charge is 0.394 e. The first-order chi connectivity index (χ1) is 14.4. The van der Waals surface area contributed by atoms with E-state index in [1.54, 1.807) is 19.1 Å². The number of unbranched alkanes of at least 4 members (excludes halogenated alkanes) is 1. The summed E-state index contributed by atoms with van der Waals surface area (Å²) in [5.74, 6) is -1.01. The molecule has 0 saturated heterocycles. The van der Waals surface area contributed by atoms with E-state index in [2.05, 4.69) is 34.6 Å². The number of carbonyl (C=O) groups excluding carboxylic acids is 1. The SMILES string of the molecule is CCCC.Cc1ccc(Nc2c(C(=O)NOCCO)nc3c(Cl)cncn23)c(F)c1. The normalized spacial score (nSPS) is 10.5. The lowest BCUT2D eigenvalue weighted by atomic mass is 10.2. The Morgan fingerprint density at radius 3 is 2.70 bits per heavy atom. The average molecular weight is 438 g/mol. The van der Waals surface area contributed by atoms with Gasteiger partial charge in [0.25, 0.3) is 5.91 Å². The third-order valence-electron chi connectivity index (χ3n) is 3.95. The highest BCUT2D eigenvalue weighted by Crippen LogP contribution is 2.27. The molecule has 30 heavy (non-hydrogen) atoms. The van der Waals surface area contributed by atoms with Crippen LogP contribution in [0.15, 0.2) is 30.7 Å². The number of hydrogen-bond donors (Lipinski definition) is 3. The third-order valence-corrected chi connectivity index (χ3v) is 4.21. The molecule has 3 N–H and O–H groups in total. The van der Waals surface area contributed by atoms with Crippen LogP contribution in [-0.2, 0) is 4.84 Å². The van der Waals surface area contributed by atoms with Gasteiger partial charge in [0.1, 0.15) is 23.0 Å². The molecule has 0 aliphatic rings. The van der Waals surface area contributed by atoms with Gasteiger partial charge < -0.3 is 10.4 Å². The van der Waals surface area contributed by atoms with E-state index < -0.39 is 11.7 Å². The summed E-state index contributed by atoms with van der Waals surface area (Å²) in [4.78, 5) is 25.3. The van der Waals surface area contributed by atoms with Crippen molar-refractivity contribution in [1.82, 2.24) is 19.8 Å². The van der Waals surface area contributed by atoms with Crippen LogP contribution in [-0.4, -0.2) is 38.6 Å². The van der Waals surface area contributed by atoms with Crippen molar-refractivity contribution in [1.29, 1.82) is 0 Å². The molecule has 3 rings (SSSR count). The van der Waals surface area contributed by atoms with Crippen LogP contribution >= 0.6 is 11.6 Å². The highest BCUT2D eigenvalue weighted by atomic mass is 35.5. The summed E-state index contributed by atoms with van der Waals surface area (Å²) < 4.78 is 15.6. The smallest absolute Gasteiger partial charge is 0.297 e. The number of halogens is 2. The Morgan fingerprint density at radius 2 is 2.07 bits per heavy atom. The molecule has 3 aromatic rings. The standard InChI is InChI=1S/C16H15ClFN5O3.C4H10/c1-9-2-3-12(11(18)6-9)20-15-13(16(25)22-26-5-4-24)21-14-10(17)7-19-8-23(14)15;1-3-4-2/h2-3,6-8,20,24H,4-5H2,1H3,(H,22,25);3-4H2,1-2H3. The number of carbonyl (C=O) groups is 1. The van der Waals surface area contributed by atoms with Gasteiger partial charge in [0.15, 0.2) is 11.3 Å². The minimum absolute atomic E-state index is 0.0715. The van der Waals surface area contributed by atoms with E-state index in [0.29, 0.717) is 0 Å². The first-order valence-electron chi connectivity index (χ1n) is 9.50. The molecule has 1 amide bonds. The lowest BCUT2D eigenvalue weighted by Gasteiger charge is -2.10. The zero-order chi connectivity index (χ0) is 22.1. The van der Waals surface area contributed by atoms with E-state index >= 15 is 0 Å². The van der Waals surface area contributed by atoms with Crippen LogP contribution < -0.4 is 10.8 Å². The molecule has 1 aromatic carbocycles. The van der Waals surface area contributed by atoms with E-state index in [1.165, 1.54) is 35.8 Å². The Kier molecular flexibility index (Phi) is 8.97. The first kappa shape index (κ1) is 23.5. The molecule has 0 unspecified atom stereocenters. The van der Waals surface area contributed by atoms with E-state index in [9.17, 15) is 9.18 Å². The molecule has 0 atom stereocenters. The van der Waals surface area contributed by atoms with Gasteiger partial charge in [-0.15, -0.1) is 0 Å². The molecule has 10 heteroatoms. The number of benzene rings is 1. The van der Waals surface area contributed by atoms with E-state index in [1.807, 2.05) is 0 Å². The topological polar surface area (TPSA) is 101 Å². The molecule has 0 saturated carbocycles. The van der Waals surface area contributed by atoms with Crippen LogP contribution in [0, 0.1) is 12.7 Å². The minimum atomic E-state index is -0.687. The second-order valence-electron chi connectivity index (χ2n) is 6.36. The van der Waals surface area contributed by atoms with Gasteiger partial charge in [0.05, 0.1) is 25.1 Å². The molecule has 2 heterocycles. The maximum atomic E-state index is 14.2. The molecule has 0 spiro atoms. The summed E-state index contributed by atoms with van der Waals surface area (Å²) in [6.07, 6.45) is 5.41. The monoisotopic (exact) mass is 437 g/mol. The van der Waals surface area contributed by atoms with Gasteiger partial charge in [-0.1, -0.05) is 44.4 Å². The van der Waals surface area contributed by atoms with Gasteiger partial charge in [0.2, 0.25) is 0 Å². The zero-order valence-corrected chi connectivity index (χ0v) is 17.8. The molecule has 0 bridgehead atoms. The highest BCUT2D eigenvalue weighted by Gasteiger charge is 2.22. The number of aliphatic hydroxyl groups is 1. The van der Waals surface area contributed by atoms with Crippen LogP contribution in [0.5, 0.6) is 0 Å². The Bertz CT molecular complexity index is 994. The van der Waals surface area contributed by atoms with Crippen molar-refractivity contribution in [2.24, 2.45) is 0 Å². The van der Waals surface area contributed by atoms with Gasteiger partial charge in [-0.25, -0.2) is 19.8 Å². The van der Waals surface area contributed by atoms with E-state index in [4.69, 9.17) is 21.5 Å². The predicted molar refractivity (Wildman–Crippen MR) is 114 cm³/mol. The molecular formula is C20H25ClFN5O3. The summed E-state index contributed by atoms with van der Waals surface area (Å²) in [5.41, 5.74) is 3.27. The van der Waals surface area contributed by atoms with Gasteiger partial charge in [0, 0.05) is 0 Å².